The third-order valence-corrected chi connectivity index (χ3v) is 6.15. The van der Waals surface area contributed by atoms with Gasteiger partial charge in [0.25, 0.3) is 0 Å². The number of aliphatic carboxylic acids is 1. The number of benzene rings is 1. The van der Waals surface area contributed by atoms with Crippen molar-refractivity contribution < 1.29 is 24.1 Å². The molecule has 0 amide bonds. The molecule has 2 atom stereocenters. The van der Waals surface area contributed by atoms with Crippen molar-refractivity contribution in [1.82, 2.24) is 9.80 Å². The van der Waals surface area contributed by atoms with Gasteiger partial charge in [-0.2, -0.15) is 0 Å². The van der Waals surface area contributed by atoms with E-state index in [2.05, 4.69) is 4.90 Å². The molecule has 0 aromatic heterocycles. The minimum Gasteiger partial charge on any atom is -0.478 e. The zero-order chi connectivity index (χ0) is 21.0. The smallest absolute Gasteiger partial charge is 0.338 e. The molecule has 3 rings (SSSR count). The zero-order valence-electron chi connectivity index (χ0n) is 16.7. The van der Waals surface area contributed by atoms with E-state index in [-0.39, 0.29) is 30.2 Å². The molecule has 2 N–H and O–H groups in total. The van der Waals surface area contributed by atoms with Gasteiger partial charge < -0.3 is 19.8 Å². The van der Waals surface area contributed by atoms with Crippen molar-refractivity contribution in [3.63, 3.8) is 0 Å². The molecule has 1 aromatic carbocycles. The number of thioether (sulfide) groups is 1. The molecule has 1 aromatic rings. The topological polar surface area (TPSA) is 73.2 Å². The van der Waals surface area contributed by atoms with Gasteiger partial charge in [-0.3, -0.25) is 4.90 Å². The number of halogens is 1. The van der Waals surface area contributed by atoms with E-state index in [1.165, 1.54) is 23.9 Å². The Kier molecular flexibility index (Phi) is 7.34. The van der Waals surface area contributed by atoms with Crippen LogP contribution in [0.25, 0.3) is 0 Å². The van der Waals surface area contributed by atoms with E-state index >= 15 is 0 Å². The fraction of sp³-hybridized carbons (Fsp3) is 0.476. The van der Waals surface area contributed by atoms with E-state index in [0.29, 0.717) is 42.7 Å². The summed E-state index contributed by atoms with van der Waals surface area (Å²) in [4.78, 5) is 16.2. The Labute approximate surface area is 174 Å². The van der Waals surface area contributed by atoms with Gasteiger partial charge in [0, 0.05) is 13.1 Å². The van der Waals surface area contributed by atoms with Crippen LogP contribution < -0.4 is 0 Å². The molecular weight excluding hydrogens is 395 g/mol. The molecule has 2 aliphatic heterocycles. The van der Waals surface area contributed by atoms with Crippen LogP contribution in [0.5, 0.6) is 0 Å². The Balaban J connectivity index is 2.06. The van der Waals surface area contributed by atoms with Crippen molar-refractivity contribution in [3.05, 3.63) is 57.9 Å². The van der Waals surface area contributed by atoms with E-state index in [0.717, 1.165) is 5.56 Å². The minimum atomic E-state index is -0.974. The molecule has 1 fully saturated rings. The predicted molar refractivity (Wildman–Crippen MR) is 111 cm³/mol. The quantitative estimate of drug-likeness (QED) is 0.700. The standard InChI is InChI=1S/C21H27FN2O4S/c1-3-29-20-19(21(26)27)14(2)9-18(23-7-8-28-13-17(23)12-25)24(20)11-15-5-4-6-16(22)10-15/h4-6,9-10,17-18,25H,3,7-8,11-13H2,1-2H3,(H,26,27)/t17-,18?/m0/s1. The Morgan fingerprint density at radius 3 is 2.86 bits per heavy atom. The summed E-state index contributed by atoms with van der Waals surface area (Å²) in [7, 11) is 0. The number of aliphatic hydroxyl groups excluding tert-OH is 1. The van der Waals surface area contributed by atoms with Gasteiger partial charge >= 0.3 is 5.97 Å². The average Bonchev–Trinajstić information content (AvgIpc) is 2.69. The van der Waals surface area contributed by atoms with Crippen molar-refractivity contribution in [2.75, 3.05) is 32.1 Å². The molecule has 29 heavy (non-hydrogen) atoms. The molecule has 1 unspecified atom stereocenters. The maximum atomic E-state index is 13.8. The van der Waals surface area contributed by atoms with Crippen LogP contribution in [0, 0.1) is 5.82 Å². The molecule has 8 heteroatoms. The zero-order valence-corrected chi connectivity index (χ0v) is 17.5. The van der Waals surface area contributed by atoms with E-state index < -0.39 is 5.97 Å². The van der Waals surface area contributed by atoms with Gasteiger partial charge in [0.15, 0.2) is 0 Å². The highest BCUT2D eigenvalue weighted by Gasteiger charge is 2.37. The van der Waals surface area contributed by atoms with Crippen LogP contribution in [0.1, 0.15) is 19.4 Å². The Morgan fingerprint density at radius 2 is 2.21 bits per heavy atom. The van der Waals surface area contributed by atoms with Crippen molar-refractivity contribution in [3.8, 4) is 0 Å². The molecule has 0 bridgehead atoms. The van der Waals surface area contributed by atoms with Gasteiger partial charge in [0.1, 0.15) is 12.0 Å². The number of carbonyl (C=O) groups is 1. The van der Waals surface area contributed by atoms with Crippen molar-refractivity contribution in [2.45, 2.75) is 32.6 Å². The second-order valence-electron chi connectivity index (χ2n) is 7.09. The number of carboxylic acids is 1. The third-order valence-electron chi connectivity index (χ3n) is 5.15. The number of hydrogen-bond acceptors (Lipinski definition) is 6. The lowest BCUT2D eigenvalue weighted by Gasteiger charge is -2.47. The van der Waals surface area contributed by atoms with Crippen LogP contribution >= 0.6 is 11.8 Å². The molecular formula is C21H27FN2O4S. The van der Waals surface area contributed by atoms with E-state index in [1.807, 2.05) is 24.0 Å². The molecule has 1 saturated heterocycles. The number of rotatable bonds is 7. The lowest BCUT2D eigenvalue weighted by atomic mass is 10.0. The minimum absolute atomic E-state index is 0.0526. The summed E-state index contributed by atoms with van der Waals surface area (Å²) in [6, 6.07) is 6.17. The fourth-order valence-electron chi connectivity index (χ4n) is 3.83. The van der Waals surface area contributed by atoms with Gasteiger partial charge in [0.05, 0.1) is 36.5 Å². The van der Waals surface area contributed by atoms with Gasteiger partial charge in [-0.15, -0.1) is 11.8 Å². The van der Waals surface area contributed by atoms with Crippen LogP contribution in [-0.4, -0.2) is 70.3 Å². The lowest BCUT2D eigenvalue weighted by Crippen LogP contribution is -2.58. The van der Waals surface area contributed by atoms with Gasteiger partial charge in [-0.05, 0) is 42.0 Å². The average molecular weight is 423 g/mol. The molecule has 158 valence electrons. The predicted octanol–water partition coefficient (Wildman–Crippen LogP) is 2.66. The van der Waals surface area contributed by atoms with Gasteiger partial charge in [0.2, 0.25) is 0 Å². The first-order valence-electron chi connectivity index (χ1n) is 9.70. The normalized spacial score (nSPS) is 23.3. The second-order valence-corrected chi connectivity index (χ2v) is 8.34. The number of nitrogens with zero attached hydrogens (tertiary/aromatic N) is 2. The number of ether oxygens (including phenoxy) is 1. The van der Waals surface area contributed by atoms with Crippen LogP contribution in [0.4, 0.5) is 4.39 Å². The number of aliphatic hydroxyl groups is 1. The Morgan fingerprint density at radius 1 is 1.41 bits per heavy atom. The maximum absolute atomic E-state index is 13.8. The van der Waals surface area contributed by atoms with Crippen LogP contribution in [0.3, 0.4) is 0 Å². The summed E-state index contributed by atoms with van der Waals surface area (Å²) < 4.78 is 19.3. The van der Waals surface area contributed by atoms with Crippen LogP contribution in [0.2, 0.25) is 0 Å². The first kappa shape index (κ1) is 21.8. The SMILES string of the molecule is CCSC1=C(C(=O)O)C(C)=CC(N2CCOC[C@@H]2CO)N1Cc1cccc(F)c1. The van der Waals surface area contributed by atoms with E-state index in [9.17, 15) is 19.4 Å². The third kappa shape index (κ3) is 4.83. The van der Waals surface area contributed by atoms with Crippen molar-refractivity contribution >= 4 is 17.7 Å². The highest BCUT2D eigenvalue weighted by atomic mass is 32.2. The molecule has 6 nitrogen and oxygen atoms in total. The van der Waals surface area contributed by atoms with E-state index in [1.54, 1.807) is 13.0 Å². The summed E-state index contributed by atoms with van der Waals surface area (Å²) in [6.07, 6.45) is 1.67. The van der Waals surface area contributed by atoms with Crippen molar-refractivity contribution in [2.24, 2.45) is 0 Å². The summed E-state index contributed by atoms with van der Waals surface area (Å²) in [5, 5.41) is 20.4. The number of morpholine rings is 1. The molecule has 2 aliphatic rings. The summed E-state index contributed by atoms with van der Waals surface area (Å²) >= 11 is 1.47. The van der Waals surface area contributed by atoms with Crippen molar-refractivity contribution in [1.29, 1.82) is 0 Å². The van der Waals surface area contributed by atoms with Gasteiger partial charge in [-0.1, -0.05) is 19.1 Å². The molecule has 0 aliphatic carbocycles. The maximum Gasteiger partial charge on any atom is 0.338 e. The Bertz CT molecular complexity index is 814. The van der Waals surface area contributed by atoms with Gasteiger partial charge in [-0.25, -0.2) is 9.18 Å². The second kappa shape index (κ2) is 9.75. The summed E-state index contributed by atoms with van der Waals surface area (Å²) in [5.41, 5.74) is 1.73. The monoisotopic (exact) mass is 422 g/mol. The largest absolute Gasteiger partial charge is 0.478 e. The highest BCUT2D eigenvalue weighted by Crippen LogP contribution is 2.37. The highest BCUT2D eigenvalue weighted by molar-refractivity contribution is 8.03. The molecule has 0 saturated carbocycles. The van der Waals surface area contributed by atoms with Crippen LogP contribution in [-0.2, 0) is 16.1 Å². The number of carboxylic acid groups (broad SMARTS) is 1. The molecule has 0 radical (unpaired) electrons. The van der Waals surface area contributed by atoms with E-state index in [4.69, 9.17) is 4.74 Å². The Hall–Kier alpha value is -1.87. The first-order chi connectivity index (χ1) is 14.0. The molecule has 0 spiro atoms. The lowest BCUT2D eigenvalue weighted by molar-refractivity contribution is -0.132. The fourth-order valence-corrected chi connectivity index (χ4v) is 4.83. The summed E-state index contributed by atoms with van der Waals surface area (Å²) in [5.74, 6) is -0.592. The molecule has 2 heterocycles. The number of hydrogen-bond donors (Lipinski definition) is 2. The van der Waals surface area contributed by atoms with Crippen LogP contribution in [0.15, 0.2) is 46.5 Å². The summed E-state index contributed by atoms with van der Waals surface area (Å²) in [6.45, 7) is 5.67. The first-order valence-corrected chi connectivity index (χ1v) is 10.7.